The molecule has 0 aliphatic carbocycles. The number of thiol groups is 1. The van der Waals surface area contributed by atoms with Crippen molar-refractivity contribution in [2.75, 3.05) is 37.8 Å². The second-order valence-corrected chi connectivity index (χ2v) is 15.5. The van der Waals surface area contributed by atoms with E-state index in [1.54, 1.807) is 0 Å². The van der Waals surface area contributed by atoms with Crippen LogP contribution in [0.1, 0.15) is 26.5 Å². The Kier molecular flexibility index (Phi) is 13.7. The Hall–Kier alpha value is -2.11. The van der Waals surface area contributed by atoms with Crippen LogP contribution in [0.2, 0.25) is 0 Å². The number of aliphatic hydroxyl groups excluding tert-OH is 2. The number of nitrogen functional groups attached to an aromatic ring is 1. The highest BCUT2D eigenvalue weighted by Gasteiger charge is 2.50. The van der Waals surface area contributed by atoms with Gasteiger partial charge in [-0.2, -0.15) is 16.9 Å². The van der Waals surface area contributed by atoms with Crippen molar-refractivity contribution in [3.05, 3.63) is 12.7 Å². The molecular formula is C21H36N7O16P3S. The number of hydrogen-bond donors (Lipinski definition) is 10. The fourth-order valence-electron chi connectivity index (χ4n) is 4.14. The number of hydrogen-bond acceptors (Lipinski definition) is 17. The van der Waals surface area contributed by atoms with Gasteiger partial charge < -0.3 is 50.9 Å². The van der Waals surface area contributed by atoms with Gasteiger partial charge in [0.25, 0.3) is 0 Å². The number of aliphatic hydroxyl groups is 2. The number of aromatic nitrogens is 4. The fraction of sp³-hybridized carbons (Fsp3) is 0.667. The van der Waals surface area contributed by atoms with E-state index in [1.807, 2.05) is 0 Å². The molecule has 10 N–H and O–H groups in total. The van der Waals surface area contributed by atoms with E-state index < -0.39 is 78.6 Å². The Labute approximate surface area is 277 Å². The van der Waals surface area contributed by atoms with Crippen LogP contribution in [0, 0.1) is 5.41 Å². The minimum absolute atomic E-state index is 0.0363. The molecule has 0 radical (unpaired) electrons. The Morgan fingerprint density at radius 3 is 2.42 bits per heavy atom. The maximum atomic E-state index is 12.6. The van der Waals surface area contributed by atoms with E-state index in [-0.39, 0.29) is 35.9 Å². The van der Waals surface area contributed by atoms with Crippen LogP contribution in [0.5, 0.6) is 0 Å². The van der Waals surface area contributed by atoms with Crippen LogP contribution in [0.3, 0.4) is 0 Å². The Morgan fingerprint density at radius 2 is 1.77 bits per heavy atom. The van der Waals surface area contributed by atoms with Gasteiger partial charge in [0, 0.05) is 30.7 Å². The summed E-state index contributed by atoms with van der Waals surface area (Å²) >= 11 is 3.95. The molecule has 1 saturated heterocycles. The van der Waals surface area contributed by atoms with E-state index in [1.165, 1.54) is 13.8 Å². The van der Waals surface area contributed by atoms with Crippen molar-refractivity contribution in [1.82, 2.24) is 30.2 Å². The van der Waals surface area contributed by atoms with Gasteiger partial charge in [0.05, 0.1) is 19.5 Å². The predicted octanol–water partition coefficient (Wildman–Crippen LogP) is -1.67. The van der Waals surface area contributed by atoms with Gasteiger partial charge in [-0.1, -0.05) is 13.8 Å². The molecule has 1 fully saturated rings. The lowest BCUT2D eigenvalue weighted by molar-refractivity contribution is -0.137. The molecule has 1 aliphatic rings. The topological polar surface area (TPSA) is 347 Å². The average Bonchev–Trinajstić information content (AvgIpc) is 3.54. The lowest BCUT2D eigenvalue weighted by atomic mass is 9.87. The van der Waals surface area contributed by atoms with Gasteiger partial charge >= 0.3 is 23.5 Å². The first-order chi connectivity index (χ1) is 22.2. The molecule has 0 spiro atoms. The first-order valence-corrected chi connectivity index (χ1v) is 18.8. The third-order valence-corrected chi connectivity index (χ3v) is 9.83. The number of nitrogens with one attached hydrogen (secondary N) is 2. The van der Waals surface area contributed by atoms with Gasteiger partial charge in [0.15, 0.2) is 17.7 Å². The largest absolute Gasteiger partial charge is 0.481 e. The second-order valence-electron chi connectivity index (χ2n) is 10.8. The molecule has 27 heteroatoms. The van der Waals surface area contributed by atoms with Crippen molar-refractivity contribution >= 4 is 64.9 Å². The highest BCUT2D eigenvalue weighted by molar-refractivity contribution is 7.80. The highest BCUT2D eigenvalue weighted by atomic mass is 32.1. The summed E-state index contributed by atoms with van der Waals surface area (Å²) in [6, 6.07) is 0. The van der Waals surface area contributed by atoms with Crippen LogP contribution >= 0.6 is 36.1 Å². The maximum Gasteiger partial charge on any atom is 0.481 e. The molecule has 3 heterocycles. The number of amides is 2. The van der Waals surface area contributed by atoms with Crippen LogP contribution < -0.4 is 16.4 Å². The minimum Gasteiger partial charge on any atom is -0.386 e. The summed E-state index contributed by atoms with van der Waals surface area (Å²) in [4.78, 5) is 74.6. The number of carbonyl (C=O) groups is 2. The van der Waals surface area contributed by atoms with Crippen molar-refractivity contribution < 1.29 is 75.7 Å². The van der Waals surface area contributed by atoms with E-state index >= 15 is 0 Å². The number of nitrogens with zero attached hydrogens (tertiary/aromatic N) is 4. The maximum absolute atomic E-state index is 12.6. The second kappa shape index (κ2) is 16.3. The van der Waals surface area contributed by atoms with E-state index in [4.69, 9.17) is 19.5 Å². The first kappa shape index (κ1) is 40.3. The number of imidazole rings is 1. The SMILES string of the molecule is CC(C)(COP(=O)(O)OP(=O)(O)OC[C@H]1O[C@@H](n2cnc3c(N)ncnc32)[C@H](O)[C@H]1OP(=O)(O)O)[C@@H](O)C(=O)NCCC(=O)NCCS. The van der Waals surface area contributed by atoms with Crippen molar-refractivity contribution in [3.8, 4) is 0 Å². The van der Waals surface area contributed by atoms with Crippen LogP contribution in [0.15, 0.2) is 12.7 Å². The van der Waals surface area contributed by atoms with Crippen LogP contribution in [0.4, 0.5) is 5.82 Å². The summed E-state index contributed by atoms with van der Waals surface area (Å²) in [5.41, 5.74) is 4.30. The van der Waals surface area contributed by atoms with Gasteiger partial charge in [0.2, 0.25) is 11.8 Å². The summed E-state index contributed by atoms with van der Waals surface area (Å²) in [6.45, 7) is 0.723. The molecule has 0 aromatic carbocycles. The van der Waals surface area contributed by atoms with Gasteiger partial charge in [0.1, 0.15) is 36.3 Å². The number of ether oxygens (including phenoxy) is 1. The normalized spacial score (nSPS) is 23.4. The predicted molar refractivity (Wildman–Crippen MR) is 163 cm³/mol. The lowest BCUT2D eigenvalue weighted by Crippen LogP contribution is -2.46. The van der Waals surface area contributed by atoms with Gasteiger partial charge in [-0.15, -0.1) is 0 Å². The number of anilines is 1. The fourth-order valence-corrected chi connectivity index (χ4v) is 7.08. The standard InChI is InChI=1S/C21H36N7O16P3S/c1-21(2,16(31)19(32)24-4-3-12(29)23-5-6-48)8-41-47(38,39)44-46(36,37)40-7-11-15(43-45(33,34)35)14(30)20(42-11)28-10-27-13-17(22)25-9-26-18(13)28/h9-11,14-16,20,30-31,48H,3-8H2,1-2H3,(H,23,29)(H,24,32)(H,36,37)(H,38,39)(H2,22,25,26)(H2,33,34,35)/t11-,14-,15+,16+,20-/m1/s1. The Bertz CT molecular complexity index is 1590. The van der Waals surface area contributed by atoms with Crippen LogP contribution in [-0.4, -0.2) is 118 Å². The molecule has 272 valence electrons. The average molecular weight is 768 g/mol. The molecule has 2 aromatic heterocycles. The van der Waals surface area contributed by atoms with E-state index in [2.05, 4.69) is 47.0 Å². The quantitative estimate of drug-likeness (QED) is 0.0599. The molecule has 7 atom stereocenters. The van der Waals surface area contributed by atoms with Crippen molar-refractivity contribution in [2.24, 2.45) is 5.41 Å². The first-order valence-electron chi connectivity index (χ1n) is 13.7. The molecule has 3 rings (SSSR count). The number of phosphoric acid groups is 3. The molecule has 0 bridgehead atoms. The number of rotatable bonds is 18. The lowest BCUT2D eigenvalue weighted by Gasteiger charge is -2.30. The molecule has 23 nitrogen and oxygen atoms in total. The Morgan fingerprint density at radius 1 is 1.10 bits per heavy atom. The van der Waals surface area contributed by atoms with Crippen molar-refractivity contribution in [2.45, 2.75) is 50.9 Å². The smallest absolute Gasteiger partial charge is 0.386 e. The number of nitrogens with two attached hydrogens (primary N) is 1. The number of carbonyl (C=O) groups excluding carboxylic acids is 2. The van der Waals surface area contributed by atoms with Crippen LogP contribution in [0.25, 0.3) is 11.2 Å². The zero-order chi connectivity index (χ0) is 36.1. The zero-order valence-electron chi connectivity index (χ0n) is 25.2. The van der Waals surface area contributed by atoms with Gasteiger partial charge in [-0.25, -0.2) is 28.6 Å². The monoisotopic (exact) mass is 767 g/mol. The van der Waals surface area contributed by atoms with Crippen molar-refractivity contribution in [1.29, 1.82) is 0 Å². The molecule has 2 amide bonds. The minimum atomic E-state index is -5.54. The van der Waals surface area contributed by atoms with E-state index in [0.717, 1.165) is 17.2 Å². The summed E-state index contributed by atoms with van der Waals surface area (Å²) in [6.07, 6.45) is -6.74. The molecule has 0 saturated carbocycles. The summed E-state index contributed by atoms with van der Waals surface area (Å²) in [5.74, 6) is -0.943. The number of phosphoric ester groups is 3. The summed E-state index contributed by atoms with van der Waals surface area (Å²) in [5, 5.41) is 26.1. The zero-order valence-corrected chi connectivity index (χ0v) is 28.8. The van der Waals surface area contributed by atoms with Crippen molar-refractivity contribution in [3.63, 3.8) is 0 Å². The molecular weight excluding hydrogens is 731 g/mol. The van der Waals surface area contributed by atoms with Gasteiger partial charge in [-0.3, -0.25) is 27.7 Å². The molecule has 48 heavy (non-hydrogen) atoms. The molecule has 2 aromatic rings. The number of fused-ring (bicyclic) bond motifs is 1. The highest BCUT2D eigenvalue weighted by Crippen LogP contribution is 2.61. The molecule has 1 aliphatic heterocycles. The Balaban J connectivity index is 1.61. The summed E-state index contributed by atoms with van der Waals surface area (Å²) < 4.78 is 61.7. The molecule has 2 unspecified atom stereocenters. The van der Waals surface area contributed by atoms with Gasteiger partial charge in [-0.05, 0) is 0 Å². The van der Waals surface area contributed by atoms with E-state index in [9.17, 15) is 53.1 Å². The van der Waals surface area contributed by atoms with Crippen LogP contribution in [-0.2, 0) is 45.9 Å². The van der Waals surface area contributed by atoms with E-state index in [0.29, 0.717) is 12.3 Å². The third-order valence-electron chi connectivity index (χ3n) is 6.51. The summed E-state index contributed by atoms with van der Waals surface area (Å²) in [7, 11) is -16.3. The third kappa shape index (κ3) is 11.2.